The SMILES string of the molecule is COC(=O)CC1(c2ccc(Br)cc2)CNC1.Cl. The second kappa shape index (κ2) is 5.85. The van der Waals surface area contributed by atoms with Crippen LogP contribution in [0.15, 0.2) is 28.7 Å². The summed E-state index contributed by atoms with van der Waals surface area (Å²) >= 11 is 3.41. The zero-order chi connectivity index (χ0) is 11.6. The Morgan fingerprint density at radius 1 is 1.41 bits per heavy atom. The number of carbonyl (C=O) groups excluding carboxylic acids is 1. The molecular weight excluding hydrogens is 305 g/mol. The minimum atomic E-state index is -0.149. The van der Waals surface area contributed by atoms with E-state index < -0.39 is 0 Å². The topological polar surface area (TPSA) is 38.3 Å². The van der Waals surface area contributed by atoms with Gasteiger partial charge < -0.3 is 10.1 Å². The summed E-state index contributed by atoms with van der Waals surface area (Å²) in [5.41, 5.74) is 1.12. The van der Waals surface area contributed by atoms with Crippen LogP contribution >= 0.6 is 28.3 Å². The van der Waals surface area contributed by atoms with E-state index in [4.69, 9.17) is 4.74 Å². The van der Waals surface area contributed by atoms with Gasteiger partial charge in [0, 0.05) is 23.0 Å². The Hall–Kier alpha value is -0.580. The van der Waals surface area contributed by atoms with Gasteiger partial charge in [0.25, 0.3) is 0 Å². The number of hydrogen-bond acceptors (Lipinski definition) is 3. The summed E-state index contributed by atoms with van der Waals surface area (Å²) in [4.78, 5) is 11.4. The molecular formula is C12H15BrClNO2. The van der Waals surface area contributed by atoms with Gasteiger partial charge in [0.1, 0.15) is 0 Å². The van der Waals surface area contributed by atoms with Crippen LogP contribution in [0.25, 0.3) is 0 Å². The zero-order valence-electron chi connectivity index (χ0n) is 9.53. The number of benzene rings is 1. The Morgan fingerprint density at radius 3 is 2.41 bits per heavy atom. The van der Waals surface area contributed by atoms with Gasteiger partial charge in [-0.25, -0.2) is 0 Å². The van der Waals surface area contributed by atoms with Crippen LogP contribution in [0.3, 0.4) is 0 Å². The van der Waals surface area contributed by atoms with Crippen molar-refractivity contribution in [3.8, 4) is 0 Å². The van der Waals surface area contributed by atoms with E-state index >= 15 is 0 Å². The number of methoxy groups -OCH3 is 1. The summed E-state index contributed by atoms with van der Waals surface area (Å²) in [6, 6.07) is 8.14. The summed E-state index contributed by atoms with van der Waals surface area (Å²) in [5.74, 6) is -0.149. The highest BCUT2D eigenvalue weighted by molar-refractivity contribution is 9.10. The predicted octanol–water partition coefficient (Wildman–Crippen LogP) is 2.27. The highest BCUT2D eigenvalue weighted by atomic mass is 79.9. The van der Waals surface area contributed by atoms with Crippen molar-refractivity contribution >= 4 is 34.3 Å². The fourth-order valence-electron chi connectivity index (χ4n) is 2.01. The van der Waals surface area contributed by atoms with Gasteiger partial charge in [-0.1, -0.05) is 28.1 Å². The zero-order valence-corrected chi connectivity index (χ0v) is 11.9. The third-order valence-corrected chi connectivity index (χ3v) is 3.62. The van der Waals surface area contributed by atoms with Crippen molar-refractivity contribution in [3.63, 3.8) is 0 Å². The number of halogens is 2. The minimum Gasteiger partial charge on any atom is -0.469 e. The summed E-state index contributed by atoms with van der Waals surface area (Å²) < 4.78 is 5.80. The molecule has 0 spiro atoms. The van der Waals surface area contributed by atoms with Gasteiger partial charge in [0.2, 0.25) is 0 Å². The first kappa shape index (κ1) is 14.5. The molecule has 0 saturated carbocycles. The van der Waals surface area contributed by atoms with Gasteiger partial charge in [0.15, 0.2) is 0 Å². The minimum absolute atomic E-state index is 0. The monoisotopic (exact) mass is 319 g/mol. The molecule has 1 aliphatic rings. The van der Waals surface area contributed by atoms with Crippen molar-refractivity contribution in [2.75, 3.05) is 20.2 Å². The molecule has 17 heavy (non-hydrogen) atoms. The second-order valence-electron chi connectivity index (χ2n) is 4.14. The van der Waals surface area contributed by atoms with Crippen molar-refractivity contribution in [3.05, 3.63) is 34.3 Å². The van der Waals surface area contributed by atoms with Crippen LogP contribution in [0.2, 0.25) is 0 Å². The molecule has 2 rings (SSSR count). The lowest BCUT2D eigenvalue weighted by molar-refractivity contribution is -0.142. The number of ether oxygens (including phenoxy) is 1. The Morgan fingerprint density at radius 2 is 2.00 bits per heavy atom. The maximum absolute atomic E-state index is 11.4. The van der Waals surface area contributed by atoms with Gasteiger partial charge in [-0.05, 0) is 17.7 Å². The number of esters is 1. The van der Waals surface area contributed by atoms with Crippen LogP contribution in [0.1, 0.15) is 12.0 Å². The molecule has 1 fully saturated rings. The van der Waals surface area contributed by atoms with Gasteiger partial charge in [-0.3, -0.25) is 4.79 Å². The number of rotatable bonds is 3. The lowest BCUT2D eigenvalue weighted by atomic mass is 9.73. The largest absolute Gasteiger partial charge is 0.469 e. The molecule has 5 heteroatoms. The van der Waals surface area contributed by atoms with E-state index in [1.54, 1.807) is 0 Å². The third-order valence-electron chi connectivity index (χ3n) is 3.09. The van der Waals surface area contributed by atoms with Gasteiger partial charge in [-0.15, -0.1) is 12.4 Å². The van der Waals surface area contributed by atoms with Crippen LogP contribution < -0.4 is 5.32 Å². The average molecular weight is 321 g/mol. The molecule has 1 aromatic rings. The van der Waals surface area contributed by atoms with E-state index in [1.807, 2.05) is 12.1 Å². The van der Waals surface area contributed by atoms with Crippen molar-refractivity contribution < 1.29 is 9.53 Å². The third kappa shape index (κ3) is 3.00. The van der Waals surface area contributed by atoms with Crippen LogP contribution in [0, 0.1) is 0 Å². The quantitative estimate of drug-likeness (QED) is 0.868. The van der Waals surface area contributed by atoms with Crippen molar-refractivity contribution in [1.29, 1.82) is 0 Å². The molecule has 3 nitrogen and oxygen atoms in total. The highest BCUT2D eigenvalue weighted by Crippen LogP contribution is 2.33. The average Bonchev–Trinajstić information content (AvgIpc) is 2.24. The summed E-state index contributed by atoms with van der Waals surface area (Å²) in [5, 5.41) is 3.23. The molecule has 0 unspecified atom stereocenters. The van der Waals surface area contributed by atoms with Gasteiger partial charge >= 0.3 is 5.97 Å². The summed E-state index contributed by atoms with van der Waals surface area (Å²) in [6.45, 7) is 1.67. The number of nitrogens with one attached hydrogen (secondary N) is 1. The molecule has 1 aliphatic heterocycles. The molecule has 1 aromatic carbocycles. The van der Waals surface area contributed by atoms with E-state index in [0.717, 1.165) is 17.6 Å². The van der Waals surface area contributed by atoms with E-state index in [1.165, 1.54) is 12.7 Å². The normalized spacial score (nSPS) is 16.6. The van der Waals surface area contributed by atoms with Gasteiger partial charge in [0.05, 0.1) is 13.5 Å². The first-order valence-corrected chi connectivity index (χ1v) is 5.99. The Balaban J connectivity index is 0.00000144. The lowest BCUT2D eigenvalue weighted by Crippen LogP contribution is -2.57. The second-order valence-corrected chi connectivity index (χ2v) is 5.06. The first-order valence-electron chi connectivity index (χ1n) is 5.20. The van der Waals surface area contributed by atoms with E-state index in [0.29, 0.717) is 6.42 Å². The molecule has 0 bridgehead atoms. The lowest BCUT2D eigenvalue weighted by Gasteiger charge is -2.42. The molecule has 1 N–H and O–H groups in total. The summed E-state index contributed by atoms with van der Waals surface area (Å²) in [7, 11) is 1.43. The maximum Gasteiger partial charge on any atom is 0.306 e. The molecule has 94 valence electrons. The molecule has 1 heterocycles. The van der Waals surface area contributed by atoms with E-state index in [-0.39, 0.29) is 23.8 Å². The molecule has 0 radical (unpaired) electrons. The molecule has 0 amide bonds. The number of carbonyl (C=O) groups is 1. The smallest absolute Gasteiger partial charge is 0.306 e. The Labute approximate surface area is 115 Å². The molecule has 0 aliphatic carbocycles. The van der Waals surface area contributed by atoms with Crippen LogP contribution in [0.4, 0.5) is 0 Å². The Bertz CT molecular complexity index is 390. The van der Waals surface area contributed by atoms with Crippen molar-refractivity contribution in [1.82, 2.24) is 5.32 Å². The Kier molecular flexibility index (Phi) is 4.98. The molecule has 0 atom stereocenters. The van der Waals surface area contributed by atoms with E-state index in [9.17, 15) is 4.79 Å². The standard InChI is InChI=1S/C12H14BrNO2.ClH/c1-16-11(15)6-12(7-14-8-12)9-2-4-10(13)5-3-9;/h2-5,14H,6-8H2,1H3;1H. The number of hydrogen-bond donors (Lipinski definition) is 1. The fourth-order valence-corrected chi connectivity index (χ4v) is 2.27. The maximum atomic E-state index is 11.4. The van der Waals surface area contributed by atoms with Crippen molar-refractivity contribution in [2.45, 2.75) is 11.8 Å². The highest BCUT2D eigenvalue weighted by Gasteiger charge is 2.40. The van der Waals surface area contributed by atoms with Crippen LogP contribution in [-0.4, -0.2) is 26.2 Å². The summed E-state index contributed by atoms with van der Waals surface area (Å²) in [6.07, 6.45) is 0.443. The van der Waals surface area contributed by atoms with Crippen LogP contribution in [0.5, 0.6) is 0 Å². The fraction of sp³-hybridized carbons (Fsp3) is 0.417. The molecule has 1 saturated heterocycles. The van der Waals surface area contributed by atoms with Gasteiger partial charge in [-0.2, -0.15) is 0 Å². The molecule has 0 aromatic heterocycles. The van der Waals surface area contributed by atoms with Crippen molar-refractivity contribution in [2.24, 2.45) is 0 Å². The van der Waals surface area contributed by atoms with E-state index in [2.05, 4.69) is 33.4 Å². The van der Waals surface area contributed by atoms with Crippen LogP contribution in [-0.2, 0) is 14.9 Å². The first-order chi connectivity index (χ1) is 7.66. The predicted molar refractivity (Wildman–Crippen MR) is 72.6 cm³/mol.